The van der Waals surface area contributed by atoms with Crippen LogP contribution in [0.2, 0.25) is 0 Å². The average molecular weight is 231 g/mol. The summed E-state index contributed by atoms with van der Waals surface area (Å²) in [5.74, 6) is 5.11. The van der Waals surface area contributed by atoms with E-state index in [0.29, 0.717) is 5.56 Å². The molecule has 15 heavy (non-hydrogen) atoms. The second-order valence-electron chi connectivity index (χ2n) is 2.35. The summed E-state index contributed by atoms with van der Waals surface area (Å²) >= 11 is 0. The molecule has 1 aromatic rings. The lowest BCUT2D eigenvalue weighted by molar-refractivity contribution is 0.275. The van der Waals surface area contributed by atoms with E-state index in [4.69, 9.17) is 30.3 Å². The molecule has 0 aliphatic carbocycles. The minimum atomic E-state index is -4.64. The van der Waals surface area contributed by atoms with Gasteiger partial charge in [-0.25, -0.2) is 4.57 Å². The molecule has 0 aliphatic rings. The Hall–Kier alpha value is -1.42. The third-order valence-electron chi connectivity index (χ3n) is 1.16. The third-order valence-corrected chi connectivity index (χ3v) is 1.16. The minimum absolute atomic E-state index is 0.607. The number of benzene rings is 1. The van der Waals surface area contributed by atoms with Crippen LogP contribution in [0.3, 0.4) is 0 Å². The Morgan fingerprint density at radius 1 is 1.40 bits per heavy atom. The van der Waals surface area contributed by atoms with Gasteiger partial charge in [-0.05, 0) is 18.2 Å². The van der Waals surface area contributed by atoms with Crippen molar-refractivity contribution < 1.29 is 19.2 Å². The van der Waals surface area contributed by atoms with Crippen molar-refractivity contribution in [2.75, 3.05) is 5.43 Å². The van der Waals surface area contributed by atoms with Crippen LogP contribution in [-0.4, -0.2) is 14.7 Å². The van der Waals surface area contributed by atoms with Gasteiger partial charge in [0.2, 0.25) is 0 Å². The van der Waals surface area contributed by atoms with Crippen LogP contribution in [0.4, 0.5) is 5.69 Å². The van der Waals surface area contributed by atoms with E-state index in [-0.39, 0.29) is 0 Å². The smallest absolute Gasteiger partial charge is 0.324 e. The fourth-order valence-corrected chi connectivity index (χ4v) is 0.679. The molecule has 82 valence electrons. The molecule has 0 bridgehead atoms. The minimum Gasteiger partial charge on any atom is -0.324 e. The Balaban J connectivity index is 0.000000336. The topological polar surface area (TPSA) is 140 Å². The molecule has 0 fully saturated rings. The molecule has 0 saturated heterocycles. The van der Waals surface area contributed by atoms with Crippen LogP contribution in [-0.2, 0) is 4.57 Å². The van der Waals surface area contributed by atoms with Crippen molar-refractivity contribution in [1.29, 1.82) is 5.26 Å². The number of nitriles is 1. The first-order chi connectivity index (χ1) is 6.86. The molecule has 1 rings (SSSR count). The SMILES string of the molecule is N#Cc1cccc(NN)c1.O=P(O)(O)O. The number of hydrazine groups is 1. The van der Waals surface area contributed by atoms with Gasteiger partial charge in [-0.1, -0.05) is 6.07 Å². The average Bonchev–Trinajstić information content (AvgIpc) is 2.15. The van der Waals surface area contributed by atoms with Gasteiger partial charge in [-0.3, -0.25) is 5.84 Å². The van der Waals surface area contributed by atoms with Crippen molar-refractivity contribution >= 4 is 13.5 Å². The molecule has 0 radical (unpaired) electrons. The number of nitrogens with two attached hydrogens (primary N) is 1. The molecule has 0 spiro atoms. The standard InChI is InChI=1S/C7H7N3.H3O4P/c8-5-6-2-1-3-7(4-6)10-9;1-5(2,3)4/h1-4,10H,9H2;(H3,1,2,3,4). The number of hydrogen-bond acceptors (Lipinski definition) is 4. The quantitative estimate of drug-likeness (QED) is 0.258. The van der Waals surface area contributed by atoms with E-state index in [1.165, 1.54) is 0 Å². The summed E-state index contributed by atoms with van der Waals surface area (Å²) in [6.45, 7) is 0. The van der Waals surface area contributed by atoms with Crippen molar-refractivity contribution in [1.82, 2.24) is 0 Å². The van der Waals surface area contributed by atoms with Crippen molar-refractivity contribution in [3.05, 3.63) is 29.8 Å². The molecule has 8 heteroatoms. The molecule has 6 N–H and O–H groups in total. The van der Waals surface area contributed by atoms with Crippen LogP contribution < -0.4 is 11.3 Å². The molecule has 0 atom stereocenters. The van der Waals surface area contributed by atoms with E-state index >= 15 is 0 Å². The molecule has 0 unspecified atom stereocenters. The van der Waals surface area contributed by atoms with Crippen LogP contribution >= 0.6 is 7.82 Å². The van der Waals surface area contributed by atoms with Gasteiger partial charge >= 0.3 is 7.82 Å². The Kier molecular flexibility index (Phi) is 5.56. The maximum absolute atomic E-state index is 8.88. The Morgan fingerprint density at radius 2 is 1.93 bits per heavy atom. The fourth-order valence-electron chi connectivity index (χ4n) is 0.679. The monoisotopic (exact) mass is 231 g/mol. The fraction of sp³-hybridized carbons (Fsp3) is 0. The number of nitrogens with one attached hydrogen (secondary N) is 1. The van der Waals surface area contributed by atoms with Crippen LogP contribution in [0.25, 0.3) is 0 Å². The van der Waals surface area contributed by atoms with Gasteiger partial charge < -0.3 is 20.1 Å². The van der Waals surface area contributed by atoms with Gasteiger partial charge in [0.1, 0.15) is 0 Å². The first-order valence-corrected chi connectivity index (χ1v) is 5.18. The highest BCUT2D eigenvalue weighted by molar-refractivity contribution is 7.45. The van der Waals surface area contributed by atoms with E-state index in [1.54, 1.807) is 24.3 Å². The Labute approximate surface area is 86.0 Å². The largest absolute Gasteiger partial charge is 0.466 e. The van der Waals surface area contributed by atoms with Gasteiger partial charge in [0.25, 0.3) is 0 Å². The highest BCUT2D eigenvalue weighted by Gasteiger charge is 2.00. The highest BCUT2D eigenvalue weighted by atomic mass is 31.2. The summed E-state index contributed by atoms with van der Waals surface area (Å²) in [4.78, 5) is 21.6. The number of phosphoric acid groups is 1. The lowest BCUT2D eigenvalue weighted by Crippen LogP contribution is -2.06. The maximum Gasteiger partial charge on any atom is 0.466 e. The molecule has 0 heterocycles. The van der Waals surface area contributed by atoms with Gasteiger partial charge in [-0.15, -0.1) is 0 Å². The van der Waals surface area contributed by atoms with Gasteiger partial charge in [0.05, 0.1) is 11.6 Å². The lowest BCUT2D eigenvalue weighted by Gasteiger charge is -1.96. The van der Waals surface area contributed by atoms with Crippen molar-refractivity contribution in [3.8, 4) is 6.07 Å². The van der Waals surface area contributed by atoms with Crippen molar-refractivity contribution in [2.45, 2.75) is 0 Å². The van der Waals surface area contributed by atoms with Crippen LogP contribution in [0.5, 0.6) is 0 Å². The molecule has 0 amide bonds. The molecule has 1 aromatic carbocycles. The maximum atomic E-state index is 8.88. The first-order valence-electron chi connectivity index (χ1n) is 3.62. The van der Waals surface area contributed by atoms with Crippen LogP contribution in [0.1, 0.15) is 5.56 Å². The Morgan fingerprint density at radius 3 is 2.33 bits per heavy atom. The number of hydrogen-bond donors (Lipinski definition) is 5. The van der Waals surface area contributed by atoms with Crippen LogP contribution in [0.15, 0.2) is 24.3 Å². The number of nitrogen functional groups attached to an aromatic ring is 1. The molecule has 0 aromatic heterocycles. The van der Waals surface area contributed by atoms with Crippen molar-refractivity contribution in [2.24, 2.45) is 5.84 Å². The molecule has 0 saturated carbocycles. The molecule has 0 aliphatic heterocycles. The zero-order valence-electron chi connectivity index (χ0n) is 7.53. The van der Waals surface area contributed by atoms with Crippen molar-refractivity contribution in [3.63, 3.8) is 0 Å². The third kappa shape index (κ3) is 8.90. The van der Waals surface area contributed by atoms with Gasteiger partial charge in [0.15, 0.2) is 0 Å². The predicted molar refractivity (Wildman–Crippen MR) is 53.2 cm³/mol. The number of anilines is 1. The summed E-state index contributed by atoms with van der Waals surface area (Å²) in [6.07, 6.45) is 0. The van der Waals surface area contributed by atoms with Gasteiger partial charge in [-0.2, -0.15) is 5.26 Å². The summed E-state index contributed by atoms with van der Waals surface area (Å²) in [5.41, 5.74) is 3.81. The second-order valence-corrected chi connectivity index (χ2v) is 3.38. The molecular formula is C7H10N3O4P. The van der Waals surface area contributed by atoms with Gasteiger partial charge in [0, 0.05) is 5.69 Å². The van der Waals surface area contributed by atoms with E-state index in [0.717, 1.165) is 5.69 Å². The highest BCUT2D eigenvalue weighted by Crippen LogP contribution is 2.25. The van der Waals surface area contributed by atoms with E-state index in [9.17, 15) is 0 Å². The van der Waals surface area contributed by atoms with Crippen LogP contribution in [0, 0.1) is 11.3 Å². The second kappa shape index (κ2) is 6.14. The summed E-state index contributed by atoms with van der Waals surface area (Å²) in [5, 5.41) is 8.44. The Bertz CT molecular complexity index is 389. The van der Waals surface area contributed by atoms with E-state index in [1.807, 2.05) is 6.07 Å². The number of rotatable bonds is 1. The van der Waals surface area contributed by atoms with E-state index < -0.39 is 7.82 Å². The normalized spacial score (nSPS) is 9.53. The lowest BCUT2D eigenvalue weighted by atomic mass is 10.2. The zero-order chi connectivity index (χ0) is 11.9. The summed E-state index contributed by atoms with van der Waals surface area (Å²) in [7, 11) is -4.64. The summed E-state index contributed by atoms with van der Waals surface area (Å²) in [6, 6.07) is 8.97. The number of nitrogens with zero attached hydrogens (tertiary/aromatic N) is 1. The predicted octanol–water partition coefficient (Wildman–Crippen LogP) is -0.0847. The molecular weight excluding hydrogens is 221 g/mol. The first kappa shape index (κ1) is 13.6. The molecule has 7 nitrogen and oxygen atoms in total. The van der Waals surface area contributed by atoms with E-state index in [2.05, 4.69) is 5.43 Å². The summed E-state index contributed by atoms with van der Waals surface area (Å²) < 4.78 is 8.88. The zero-order valence-corrected chi connectivity index (χ0v) is 8.43.